The molecule has 0 saturated carbocycles. The van der Waals surface area contributed by atoms with E-state index in [2.05, 4.69) is 0 Å². The molecule has 0 amide bonds. The summed E-state index contributed by atoms with van der Waals surface area (Å²) in [7, 11) is 1.35. The molecule has 8 heteroatoms. The van der Waals surface area contributed by atoms with E-state index in [1.165, 1.54) is 25.3 Å². The van der Waals surface area contributed by atoms with Crippen molar-refractivity contribution in [1.29, 1.82) is 0 Å². The molecule has 23 heavy (non-hydrogen) atoms. The number of benzene rings is 1. The standard InChI is InChI=1S/C15H20O8/c1-7-11(6-16)23-15(13(18)12(7)17)22-9-4-3-8(14(19)20)5-10(9)21-2/h3-5,7,11-13,15-18H,6H2,1-2H3,(H,19,20)/t7-,11-,12+,13-,15-/m1/s1. The monoisotopic (exact) mass is 328 g/mol. The first-order valence-electron chi connectivity index (χ1n) is 7.09. The Kier molecular flexibility index (Phi) is 5.42. The highest BCUT2D eigenvalue weighted by molar-refractivity contribution is 5.88. The van der Waals surface area contributed by atoms with Gasteiger partial charge in [-0.2, -0.15) is 0 Å². The van der Waals surface area contributed by atoms with Gasteiger partial charge < -0.3 is 34.6 Å². The predicted molar refractivity (Wildman–Crippen MR) is 77.5 cm³/mol. The summed E-state index contributed by atoms with van der Waals surface area (Å²) >= 11 is 0. The van der Waals surface area contributed by atoms with Crippen molar-refractivity contribution in [2.24, 2.45) is 5.92 Å². The third kappa shape index (κ3) is 3.56. The van der Waals surface area contributed by atoms with Crippen molar-refractivity contribution in [2.45, 2.75) is 31.5 Å². The molecule has 0 unspecified atom stereocenters. The van der Waals surface area contributed by atoms with Crippen LogP contribution in [-0.4, -0.2) is 64.7 Å². The zero-order valence-electron chi connectivity index (χ0n) is 12.7. The van der Waals surface area contributed by atoms with Crippen molar-refractivity contribution < 1.29 is 39.4 Å². The zero-order valence-corrected chi connectivity index (χ0v) is 12.7. The normalized spacial score (nSPS) is 30.7. The largest absolute Gasteiger partial charge is 0.493 e. The molecule has 1 saturated heterocycles. The average molecular weight is 328 g/mol. The van der Waals surface area contributed by atoms with E-state index >= 15 is 0 Å². The van der Waals surface area contributed by atoms with Crippen LogP contribution in [0.25, 0.3) is 0 Å². The Bertz CT molecular complexity index is 558. The molecule has 8 nitrogen and oxygen atoms in total. The second-order valence-corrected chi connectivity index (χ2v) is 5.35. The van der Waals surface area contributed by atoms with Crippen LogP contribution in [0.4, 0.5) is 0 Å². The van der Waals surface area contributed by atoms with E-state index in [4.69, 9.17) is 19.3 Å². The first-order chi connectivity index (χ1) is 10.9. The number of carbonyl (C=O) groups is 1. The summed E-state index contributed by atoms with van der Waals surface area (Å²) in [6.45, 7) is 1.31. The lowest BCUT2D eigenvalue weighted by Gasteiger charge is -2.40. The van der Waals surface area contributed by atoms with Gasteiger partial charge >= 0.3 is 5.97 Å². The lowest BCUT2D eigenvalue weighted by molar-refractivity contribution is -0.261. The number of aromatic carboxylic acids is 1. The van der Waals surface area contributed by atoms with E-state index < -0.39 is 36.5 Å². The predicted octanol–water partition coefficient (Wildman–Crippen LogP) is -0.153. The van der Waals surface area contributed by atoms with Crippen LogP contribution in [0.1, 0.15) is 17.3 Å². The Morgan fingerprint density at radius 1 is 1.26 bits per heavy atom. The molecule has 1 fully saturated rings. The van der Waals surface area contributed by atoms with Gasteiger partial charge in [-0.25, -0.2) is 4.79 Å². The maximum Gasteiger partial charge on any atom is 0.335 e. The number of aliphatic hydroxyl groups excluding tert-OH is 3. The Balaban J connectivity index is 2.22. The molecule has 1 aliphatic rings. The molecule has 0 spiro atoms. The summed E-state index contributed by atoms with van der Waals surface area (Å²) < 4.78 is 16.0. The topological polar surface area (TPSA) is 126 Å². The zero-order chi connectivity index (χ0) is 17.1. The molecule has 0 radical (unpaired) electrons. The van der Waals surface area contributed by atoms with Crippen LogP contribution in [0.3, 0.4) is 0 Å². The van der Waals surface area contributed by atoms with Crippen LogP contribution in [0.2, 0.25) is 0 Å². The maximum absolute atomic E-state index is 11.0. The lowest BCUT2D eigenvalue weighted by Crippen LogP contribution is -2.56. The molecule has 128 valence electrons. The van der Waals surface area contributed by atoms with Crippen molar-refractivity contribution in [3.05, 3.63) is 23.8 Å². The third-order valence-corrected chi connectivity index (χ3v) is 3.90. The van der Waals surface area contributed by atoms with E-state index in [1.807, 2.05) is 0 Å². The molecule has 1 aliphatic heterocycles. The molecule has 0 bridgehead atoms. The lowest BCUT2D eigenvalue weighted by atomic mass is 9.91. The molecule has 5 atom stereocenters. The number of carboxylic acids is 1. The highest BCUT2D eigenvalue weighted by atomic mass is 16.7. The smallest absolute Gasteiger partial charge is 0.335 e. The summed E-state index contributed by atoms with van der Waals surface area (Å²) in [4.78, 5) is 11.0. The van der Waals surface area contributed by atoms with Crippen LogP contribution in [0.5, 0.6) is 11.5 Å². The average Bonchev–Trinajstić information content (AvgIpc) is 2.55. The minimum Gasteiger partial charge on any atom is -0.493 e. The Hall–Kier alpha value is -1.87. The van der Waals surface area contributed by atoms with Gasteiger partial charge in [-0.05, 0) is 18.2 Å². The number of hydrogen-bond donors (Lipinski definition) is 4. The van der Waals surface area contributed by atoms with Crippen LogP contribution >= 0.6 is 0 Å². The van der Waals surface area contributed by atoms with Gasteiger partial charge in [-0.1, -0.05) is 6.92 Å². The minimum absolute atomic E-state index is 0.0150. The van der Waals surface area contributed by atoms with Crippen LogP contribution in [-0.2, 0) is 4.74 Å². The molecule has 1 heterocycles. The maximum atomic E-state index is 11.0. The number of ether oxygens (including phenoxy) is 3. The quantitative estimate of drug-likeness (QED) is 0.588. The molecular formula is C15H20O8. The first kappa shape index (κ1) is 17.5. The number of rotatable bonds is 5. The summed E-state index contributed by atoms with van der Waals surface area (Å²) in [5.74, 6) is -1.28. The minimum atomic E-state index is -1.32. The summed E-state index contributed by atoms with van der Waals surface area (Å²) in [5.41, 5.74) is 0.0150. The second-order valence-electron chi connectivity index (χ2n) is 5.35. The fraction of sp³-hybridized carbons (Fsp3) is 0.533. The highest BCUT2D eigenvalue weighted by Gasteiger charge is 2.43. The summed E-state index contributed by atoms with van der Waals surface area (Å²) in [6, 6.07) is 3.96. The molecule has 1 aromatic rings. The second kappa shape index (κ2) is 7.14. The molecule has 0 aromatic heterocycles. The van der Waals surface area contributed by atoms with Crippen molar-refractivity contribution in [2.75, 3.05) is 13.7 Å². The number of carboxylic acid groups (broad SMARTS) is 1. The molecule has 2 rings (SSSR count). The number of methoxy groups -OCH3 is 1. The molecule has 1 aromatic carbocycles. The van der Waals surface area contributed by atoms with Gasteiger partial charge in [0.15, 0.2) is 11.5 Å². The summed E-state index contributed by atoms with van der Waals surface area (Å²) in [6.07, 6.45) is -4.36. The molecule has 0 aliphatic carbocycles. The van der Waals surface area contributed by atoms with Gasteiger partial charge in [0.1, 0.15) is 6.10 Å². The Morgan fingerprint density at radius 2 is 1.96 bits per heavy atom. The van der Waals surface area contributed by atoms with E-state index in [1.54, 1.807) is 6.92 Å². The third-order valence-electron chi connectivity index (χ3n) is 3.90. The molecule has 4 N–H and O–H groups in total. The van der Waals surface area contributed by atoms with Gasteiger partial charge in [0.05, 0.1) is 31.5 Å². The van der Waals surface area contributed by atoms with Crippen LogP contribution < -0.4 is 9.47 Å². The fourth-order valence-electron chi connectivity index (χ4n) is 2.40. The Morgan fingerprint density at radius 3 is 2.52 bits per heavy atom. The fourth-order valence-corrected chi connectivity index (χ4v) is 2.40. The first-order valence-corrected chi connectivity index (χ1v) is 7.09. The van der Waals surface area contributed by atoms with Gasteiger partial charge in [-0.15, -0.1) is 0 Å². The highest BCUT2D eigenvalue weighted by Crippen LogP contribution is 2.33. The van der Waals surface area contributed by atoms with Crippen LogP contribution in [0, 0.1) is 5.92 Å². The van der Waals surface area contributed by atoms with Gasteiger partial charge in [-0.3, -0.25) is 0 Å². The van der Waals surface area contributed by atoms with Gasteiger partial charge in [0, 0.05) is 5.92 Å². The van der Waals surface area contributed by atoms with Crippen molar-refractivity contribution in [3.63, 3.8) is 0 Å². The van der Waals surface area contributed by atoms with E-state index in [0.29, 0.717) is 0 Å². The van der Waals surface area contributed by atoms with Gasteiger partial charge in [0.2, 0.25) is 6.29 Å². The van der Waals surface area contributed by atoms with Crippen molar-refractivity contribution in [1.82, 2.24) is 0 Å². The van der Waals surface area contributed by atoms with Crippen molar-refractivity contribution >= 4 is 5.97 Å². The van der Waals surface area contributed by atoms with E-state index in [9.17, 15) is 20.1 Å². The number of hydrogen-bond acceptors (Lipinski definition) is 7. The van der Waals surface area contributed by atoms with E-state index in [0.717, 1.165) is 0 Å². The molecular weight excluding hydrogens is 308 g/mol. The van der Waals surface area contributed by atoms with Gasteiger partial charge in [0.25, 0.3) is 0 Å². The Labute approximate surface area is 132 Å². The summed E-state index contributed by atoms with van der Waals surface area (Å²) in [5, 5.41) is 38.3. The van der Waals surface area contributed by atoms with Crippen LogP contribution in [0.15, 0.2) is 18.2 Å². The SMILES string of the molecule is COc1cc(C(=O)O)ccc1O[C@@H]1O[C@H](CO)[C@@H](C)[C@H](O)[C@H]1O. The number of aliphatic hydroxyl groups is 3. The van der Waals surface area contributed by atoms with E-state index in [-0.39, 0.29) is 23.7 Å². The van der Waals surface area contributed by atoms with Crippen molar-refractivity contribution in [3.8, 4) is 11.5 Å².